The highest BCUT2D eigenvalue weighted by Gasteiger charge is 2.24. The normalized spacial score (nSPS) is 14.7. The van der Waals surface area contributed by atoms with E-state index >= 15 is 0 Å². The lowest BCUT2D eigenvalue weighted by Crippen LogP contribution is -2.33. The SMILES string of the molecule is C[Si](C)(C)CCOCN(COCC[Si](C)(C)C)c1cc(C2CCCCC2)nc2c(-c3ccc(-c4ccccc4F)nc3)cnn12. The predicted octanol–water partition coefficient (Wildman–Crippen LogP) is 9.08. The molecule has 0 spiro atoms. The van der Waals surface area contributed by atoms with Crippen LogP contribution in [0.2, 0.25) is 51.4 Å². The molecule has 1 aliphatic rings. The number of hydrogen-bond donors (Lipinski definition) is 0. The molecule has 7 nitrogen and oxygen atoms in total. The van der Waals surface area contributed by atoms with Crippen LogP contribution in [0, 0.1) is 5.82 Å². The van der Waals surface area contributed by atoms with Gasteiger partial charge in [0, 0.05) is 69.9 Å². The van der Waals surface area contributed by atoms with Crippen molar-refractivity contribution in [3.8, 4) is 22.4 Å². The highest BCUT2D eigenvalue weighted by atomic mass is 28.3. The van der Waals surface area contributed by atoms with Gasteiger partial charge in [0.1, 0.15) is 25.1 Å². The molecule has 1 fully saturated rings. The fourth-order valence-electron chi connectivity index (χ4n) is 5.66. The molecule has 1 saturated carbocycles. The summed E-state index contributed by atoms with van der Waals surface area (Å²) in [6.45, 7) is 16.6. The molecule has 10 heteroatoms. The van der Waals surface area contributed by atoms with Gasteiger partial charge in [-0.25, -0.2) is 9.37 Å². The molecule has 1 aromatic carbocycles. The molecule has 0 radical (unpaired) electrons. The fourth-order valence-corrected chi connectivity index (χ4v) is 7.17. The molecule has 5 rings (SSSR count). The van der Waals surface area contributed by atoms with Gasteiger partial charge in [0.05, 0.1) is 11.9 Å². The molecule has 3 heterocycles. The first kappa shape index (κ1) is 33.4. The first-order valence-corrected chi connectivity index (χ1v) is 23.9. The van der Waals surface area contributed by atoms with Crippen LogP contribution in [0.3, 0.4) is 0 Å². The first-order chi connectivity index (χ1) is 21.5. The van der Waals surface area contributed by atoms with Crippen LogP contribution in [0.1, 0.15) is 43.7 Å². The summed E-state index contributed by atoms with van der Waals surface area (Å²) in [4.78, 5) is 12.1. The molecule has 3 aromatic heterocycles. The molecule has 1 aliphatic carbocycles. The highest BCUT2D eigenvalue weighted by Crippen LogP contribution is 2.36. The van der Waals surface area contributed by atoms with E-state index in [1.807, 2.05) is 28.9 Å². The zero-order valence-corrected chi connectivity index (χ0v) is 30.0. The molecule has 242 valence electrons. The molecule has 0 amide bonds. The molecule has 0 N–H and O–H groups in total. The molecule has 0 atom stereocenters. The zero-order valence-electron chi connectivity index (χ0n) is 28.0. The summed E-state index contributed by atoms with van der Waals surface area (Å²) in [7, 11) is -2.45. The van der Waals surface area contributed by atoms with Crippen molar-refractivity contribution in [2.75, 3.05) is 31.6 Å². The maximum Gasteiger partial charge on any atom is 0.165 e. The Balaban J connectivity index is 1.50. The lowest BCUT2D eigenvalue weighted by atomic mass is 9.87. The lowest BCUT2D eigenvalue weighted by molar-refractivity contribution is 0.0942. The third-order valence-electron chi connectivity index (χ3n) is 8.53. The topological polar surface area (TPSA) is 64.8 Å². The third-order valence-corrected chi connectivity index (χ3v) is 11.9. The van der Waals surface area contributed by atoms with Gasteiger partial charge in [-0.1, -0.05) is 76.7 Å². The van der Waals surface area contributed by atoms with Crippen LogP contribution in [-0.4, -0.2) is 62.4 Å². The number of anilines is 1. The van der Waals surface area contributed by atoms with E-state index in [0.717, 1.165) is 66.4 Å². The maximum atomic E-state index is 14.5. The monoisotopic (exact) mass is 647 g/mol. The summed E-state index contributed by atoms with van der Waals surface area (Å²) in [6.07, 6.45) is 9.69. The van der Waals surface area contributed by atoms with Crippen LogP contribution in [0.25, 0.3) is 28.0 Å². The molecular weight excluding hydrogens is 598 g/mol. The summed E-state index contributed by atoms with van der Waals surface area (Å²) in [5, 5.41) is 4.86. The number of rotatable bonds is 14. The fraction of sp³-hybridized carbons (Fsp3) is 0.514. The van der Waals surface area contributed by atoms with E-state index in [1.54, 1.807) is 18.3 Å². The number of halogens is 1. The summed E-state index contributed by atoms with van der Waals surface area (Å²) in [5.74, 6) is 1.06. The van der Waals surface area contributed by atoms with Crippen LogP contribution < -0.4 is 4.90 Å². The van der Waals surface area contributed by atoms with E-state index in [4.69, 9.17) is 19.6 Å². The number of ether oxygens (including phenoxy) is 2. The van der Waals surface area contributed by atoms with Crippen LogP contribution in [0.15, 0.2) is 54.9 Å². The second kappa shape index (κ2) is 14.7. The average Bonchev–Trinajstić information content (AvgIpc) is 3.44. The molecule has 4 aromatic rings. The number of hydrogen-bond acceptors (Lipinski definition) is 6. The maximum absolute atomic E-state index is 14.5. The summed E-state index contributed by atoms with van der Waals surface area (Å²) < 4.78 is 29.0. The Morgan fingerprint density at radius 2 is 1.51 bits per heavy atom. The van der Waals surface area contributed by atoms with E-state index in [2.05, 4.69) is 55.2 Å². The van der Waals surface area contributed by atoms with Crippen LogP contribution in [0.4, 0.5) is 10.2 Å². The van der Waals surface area contributed by atoms with E-state index in [-0.39, 0.29) is 5.82 Å². The second-order valence-corrected chi connectivity index (χ2v) is 26.1. The minimum atomic E-state index is -1.22. The van der Waals surface area contributed by atoms with Crippen molar-refractivity contribution in [1.29, 1.82) is 0 Å². The Kier molecular flexibility index (Phi) is 10.9. The van der Waals surface area contributed by atoms with E-state index in [1.165, 1.54) is 25.3 Å². The average molecular weight is 648 g/mol. The van der Waals surface area contributed by atoms with Gasteiger partial charge < -0.3 is 14.4 Å². The molecule has 0 unspecified atom stereocenters. The second-order valence-electron chi connectivity index (χ2n) is 14.8. The molecular formula is C35H50FN5O2Si2. The van der Waals surface area contributed by atoms with Crippen LogP contribution >= 0.6 is 0 Å². The molecule has 45 heavy (non-hydrogen) atoms. The van der Waals surface area contributed by atoms with Gasteiger partial charge in [0.15, 0.2) is 5.65 Å². The Morgan fingerprint density at radius 3 is 2.11 bits per heavy atom. The Labute approximate surface area is 270 Å². The van der Waals surface area contributed by atoms with Gasteiger partial charge >= 0.3 is 0 Å². The van der Waals surface area contributed by atoms with Crippen LogP contribution in [-0.2, 0) is 9.47 Å². The Bertz CT molecular complexity index is 1520. The van der Waals surface area contributed by atoms with Gasteiger partial charge in [-0.2, -0.15) is 9.61 Å². The third kappa shape index (κ3) is 9.09. The van der Waals surface area contributed by atoms with Gasteiger partial charge in [0.2, 0.25) is 0 Å². The first-order valence-electron chi connectivity index (χ1n) is 16.5. The van der Waals surface area contributed by atoms with Crippen molar-refractivity contribution >= 4 is 27.6 Å². The quantitative estimate of drug-likeness (QED) is 0.0773. The van der Waals surface area contributed by atoms with Crippen molar-refractivity contribution in [3.63, 3.8) is 0 Å². The minimum Gasteiger partial charge on any atom is -0.361 e. The van der Waals surface area contributed by atoms with Gasteiger partial charge in [-0.3, -0.25) is 4.98 Å². The molecule has 0 bridgehead atoms. The van der Waals surface area contributed by atoms with E-state index in [0.29, 0.717) is 30.6 Å². The Morgan fingerprint density at radius 1 is 0.844 bits per heavy atom. The largest absolute Gasteiger partial charge is 0.361 e. The summed E-state index contributed by atoms with van der Waals surface area (Å²) in [5.41, 5.74) is 4.78. The summed E-state index contributed by atoms with van der Waals surface area (Å²) in [6, 6.07) is 15.0. The van der Waals surface area contributed by atoms with Crippen molar-refractivity contribution in [2.24, 2.45) is 0 Å². The van der Waals surface area contributed by atoms with Crippen molar-refractivity contribution < 1.29 is 13.9 Å². The highest BCUT2D eigenvalue weighted by molar-refractivity contribution is 6.76. The number of benzene rings is 1. The summed E-state index contributed by atoms with van der Waals surface area (Å²) >= 11 is 0. The van der Waals surface area contributed by atoms with Crippen molar-refractivity contribution in [2.45, 2.75) is 89.4 Å². The van der Waals surface area contributed by atoms with E-state index < -0.39 is 16.1 Å². The predicted molar refractivity (Wildman–Crippen MR) is 188 cm³/mol. The number of nitrogens with zero attached hydrogens (tertiary/aromatic N) is 5. The van der Waals surface area contributed by atoms with Crippen molar-refractivity contribution in [1.82, 2.24) is 19.6 Å². The minimum absolute atomic E-state index is 0.281. The standard InChI is InChI=1S/C35H50FN5O2Si2/c1-44(2,3)20-18-42-25-40(26-43-19-21-45(4,5)6)34-22-33(27-12-8-7-9-13-27)39-35-30(24-38-41(34)35)28-16-17-32(37-23-28)29-14-10-11-15-31(29)36/h10-11,14-17,22-24,27H,7-9,12-13,18-21,25-26H2,1-6H3. The lowest BCUT2D eigenvalue weighted by Gasteiger charge is -2.28. The smallest absolute Gasteiger partial charge is 0.165 e. The Hall–Kier alpha value is -2.93. The molecule has 0 saturated heterocycles. The zero-order chi connectivity index (χ0) is 32.0. The number of fused-ring (bicyclic) bond motifs is 1. The number of pyridine rings is 1. The van der Waals surface area contributed by atoms with Gasteiger partial charge in [0.25, 0.3) is 0 Å². The van der Waals surface area contributed by atoms with Gasteiger partial charge in [-0.05, 0) is 43.1 Å². The van der Waals surface area contributed by atoms with E-state index in [9.17, 15) is 4.39 Å². The van der Waals surface area contributed by atoms with Crippen molar-refractivity contribution in [3.05, 3.63) is 66.4 Å². The van der Waals surface area contributed by atoms with Gasteiger partial charge in [-0.15, -0.1) is 0 Å². The number of aromatic nitrogens is 4. The molecule has 0 aliphatic heterocycles. The van der Waals surface area contributed by atoms with Crippen LogP contribution in [0.5, 0.6) is 0 Å².